The Morgan fingerprint density at radius 1 is 1.28 bits per heavy atom. The molecule has 0 aliphatic heterocycles. The number of hydrogen-bond donors (Lipinski definition) is 1. The van der Waals surface area contributed by atoms with Gasteiger partial charge >= 0.3 is 6.18 Å². The lowest BCUT2D eigenvalue weighted by Gasteiger charge is -2.15. The number of alkyl halides is 3. The summed E-state index contributed by atoms with van der Waals surface area (Å²) in [5.41, 5.74) is 2.66. The second-order valence-corrected chi connectivity index (χ2v) is 4.32. The average Bonchev–Trinajstić information content (AvgIpc) is 2.22. The Labute approximate surface area is 104 Å². The molecule has 0 saturated carbocycles. The molecule has 0 bridgehead atoms. The topological polar surface area (TPSA) is 29.5 Å². The first kappa shape index (κ1) is 15.0. The number of aryl methyl sites for hydroxylation is 2. The van der Waals surface area contributed by atoms with E-state index in [0.29, 0.717) is 5.56 Å². The first-order chi connectivity index (χ1) is 8.29. The van der Waals surface area contributed by atoms with Gasteiger partial charge in [0.1, 0.15) is 6.10 Å². The second kappa shape index (κ2) is 6.20. The third-order valence-corrected chi connectivity index (χ3v) is 2.59. The molecule has 5 heteroatoms. The van der Waals surface area contributed by atoms with Gasteiger partial charge in [0, 0.05) is 0 Å². The average molecular weight is 262 g/mol. The predicted molar refractivity (Wildman–Crippen MR) is 62.4 cm³/mol. The summed E-state index contributed by atoms with van der Waals surface area (Å²) in [6.07, 6.45) is -6.10. The molecule has 1 N–H and O–H groups in total. The molecule has 102 valence electrons. The van der Waals surface area contributed by atoms with Gasteiger partial charge in [0.25, 0.3) is 0 Å². The van der Waals surface area contributed by atoms with Crippen LogP contribution < -0.4 is 0 Å². The Morgan fingerprint density at radius 2 is 1.94 bits per heavy atom. The molecule has 0 aliphatic rings. The molecular weight excluding hydrogens is 245 g/mol. The van der Waals surface area contributed by atoms with Crippen LogP contribution in [-0.2, 0) is 4.74 Å². The van der Waals surface area contributed by atoms with E-state index < -0.39 is 25.3 Å². The van der Waals surface area contributed by atoms with Crippen molar-refractivity contribution in [2.45, 2.75) is 32.5 Å². The fraction of sp³-hybridized carbons (Fsp3) is 0.538. The summed E-state index contributed by atoms with van der Waals surface area (Å²) in [6, 6.07) is 5.53. The maximum atomic E-state index is 11.9. The third kappa shape index (κ3) is 5.06. The van der Waals surface area contributed by atoms with E-state index in [-0.39, 0.29) is 6.61 Å². The summed E-state index contributed by atoms with van der Waals surface area (Å²) in [5, 5.41) is 9.82. The maximum Gasteiger partial charge on any atom is 0.391 e. The van der Waals surface area contributed by atoms with E-state index in [1.54, 1.807) is 6.07 Å². The summed E-state index contributed by atoms with van der Waals surface area (Å²) in [4.78, 5) is 0. The molecule has 0 radical (unpaired) electrons. The van der Waals surface area contributed by atoms with Crippen LogP contribution in [0.2, 0.25) is 0 Å². The van der Waals surface area contributed by atoms with E-state index in [1.165, 1.54) is 0 Å². The van der Waals surface area contributed by atoms with E-state index in [1.807, 2.05) is 26.0 Å². The number of hydrogen-bond acceptors (Lipinski definition) is 2. The van der Waals surface area contributed by atoms with Crippen molar-refractivity contribution in [2.24, 2.45) is 0 Å². The Kier molecular flexibility index (Phi) is 5.16. The molecule has 1 atom stereocenters. The number of benzene rings is 1. The molecule has 18 heavy (non-hydrogen) atoms. The highest BCUT2D eigenvalue weighted by molar-refractivity contribution is 5.31. The van der Waals surface area contributed by atoms with Crippen LogP contribution >= 0.6 is 0 Å². The molecule has 0 aromatic heterocycles. The third-order valence-electron chi connectivity index (χ3n) is 2.59. The number of aliphatic hydroxyl groups is 1. The lowest BCUT2D eigenvalue weighted by atomic mass is 10.0. The van der Waals surface area contributed by atoms with Gasteiger partial charge in [-0.15, -0.1) is 0 Å². The lowest BCUT2D eigenvalue weighted by molar-refractivity contribution is -0.147. The number of ether oxygens (including phenoxy) is 1. The van der Waals surface area contributed by atoms with Crippen molar-refractivity contribution in [1.82, 2.24) is 0 Å². The SMILES string of the molecule is Cc1ccc(C(O)COCCC(F)(F)F)c(C)c1. The maximum absolute atomic E-state index is 11.9. The summed E-state index contributed by atoms with van der Waals surface area (Å²) in [6.45, 7) is 3.23. The predicted octanol–water partition coefficient (Wildman–Crippen LogP) is 3.31. The lowest BCUT2D eigenvalue weighted by Crippen LogP contribution is -2.15. The Bertz CT molecular complexity index is 388. The van der Waals surface area contributed by atoms with Crippen molar-refractivity contribution in [3.8, 4) is 0 Å². The number of aliphatic hydroxyl groups excluding tert-OH is 1. The first-order valence-electron chi connectivity index (χ1n) is 5.69. The van der Waals surface area contributed by atoms with Gasteiger partial charge in [-0.1, -0.05) is 23.8 Å². The summed E-state index contributed by atoms with van der Waals surface area (Å²) in [5.74, 6) is 0. The van der Waals surface area contributed by atoms with Crippen LogP contribution in [0, 0.1) is 13.8 Å². The molecule has 0 saturated heterocycles. The minimum absolute atomic E-state index is 0.125. The van der Waals surface area contributed by atoms with Gasteiger partial charge in [-0.3, -0.25) is 0 Å². The molecule has 2 nitrogen and oxygen atoms in total. The fourth-order valence-corrected chi connectivity index (χ4v) is 1.67. The van der Waals surface area contributed by atoms with E-state index in [0.717, 1.165) is 11.1 Å². The summed E-state index contributed by atoms with van der Waals surface area (Å²) < 4.78 is 40.4. The van der Waals surface area contributed by atoms with E-state index >= 15 is 0 Å². The van der Waals surface area contributed by atoms with Gasteiger partial charge in [0.15, 0.2) is 0 Å². The normalized spacial score (nSPS) is 13.7. The molecular formula is C13H17F3O2. The zero-order valence-electron chi connectivity index (χ0n) is 10.4. The van der Waals surface area contributed by atoms with Gasteiger partial charge in [-0.2, -0.15) is 13.2 Å². The van der Waals surface area contributed by atoms with Crippen molar-refractivity contribution in [3.63, 3.8) is 0 Å². The van der Waals surface area contributed by atoms with Gasteiger partial charge in [-0.05, 0) is 25.0 Å². The molecule has 1 aromatic rings. The fourth-order valence-electron chi connectivity index (χ4n) is 1.67. The van der Waals surface area contributed by atoms with Crippen LogP contribution in [-0.4, -0.2) is 24.5 Å². The highest BCUT2D eigenvalue weighted by Gasteiger charge is 2.26. The van der Waals surface area contributed by atoms with Gasteiger partial charge in [-0.25, -0.2) is 0 Å². The minimum atomic E-state index is -4.22. The Hall–Kier alpha value is -1.07. The van der Waals surface area contributed by atoms with Crippen molar-refractivity contribution < 1.29 is 23.0 Å². The van der Waals surface area contributed by atoms with E-state index in [4.69, 9.17) is 4.74 Å². The van der Waals surface area contributed by atoms with Crippen molar-refractivity contribution in [3.05, 3.63) is 34.9 Å². The molecule has 1 rings (SSSR count). The van der Waals surface area contributed by atoms with Crippen LogP contribution in [0.15, 0.2) is 18.2 Å². The van der Waals surface area contributed by atoms with Crippen LogP contribution in [0.25, 0.3) is 0 Å². The van der Waals surface area contributed by atoms with Crippen molar-refractivity contribution in [2.75, 3.05) is 13.2 Å². The molecule has 0 spiro atoms. The second-order valence-electron chi connectivity index (χ2n) is 4.32. The molecule has 1 unspecified atom stereocenters. The zero-order chi connectivity index (χ0) is 13.8. The molecule has 0 fully saturated rings. The standard InChI is InChI=1S/C13H17F3O2/c1-9-3-4-11(10(2)7-9)12(17)8-18-6-5-13(14,15)16/h3-4,7,12,17H,5-6,8H2,1-2H3. The minimum Gasteiger partial charge on any atom is -0.386 e. The van der Waals surface area contributed by atoms with Crippen LogP contribution in [0.1, 0.15) is 29.2 Å². The highest BCUT2D eigenvalue weighted by Crippen LogP contribution is 2.21. The van der Waals surface area contributed by atoms with Crippen LogP contribution in [0.3, 0.4) is 0 Å². The monoisotopic (exact) mass is 262 g/mol. The van der Waals surface area contributed by atoms with Gasteiger partial charge < -0.3 is 9.84 Å². The van der Waals surface area contributed by atoms with Crippen LogP contribution in [0.5, 0.6) is 0 Å². The van der Waals surface area contributed by atoms with Gasteiger partial charge in [0.05, 0.1) is 19.6 Å². The van der Waals surface area contributed by atoms with E-state index in [2.05, 4.69) is 0 Å². The van der Waals surface area contributed by atoms with Gasteiger partial charge in [0.2, 0.25) is 0 Å². The van der Waals surface area contributed by atoms with E-state index in [9.17, 15) is 18.3 Å². The smallest absolute Gasteiger partial charge is 0.386 e. The number of rotatable bonds is 5. The molecule has 0 aliphatic carbocycles. The summed E-state index contributed by atoms with van der Waals surface area (Å²) in [7, 11) is 0. The first-order valence-corrected chi connectivity index (χ1v) is 5.69. The highest BCUT2D eigenvalue weighted by atomic mass is 19.4. The number of halogens is 3. The van der Waals surface area contributed by atoms with Crippen molar-refractivity contribution in [1.29, 1.82) is 0 Å². The zero-order valence-corrected chi connectivity index (χ0v) is 10.4. The quantitative estimate of drug-likeness (QED) is 0.825. The molecule has 1 aromatic carbocycles. The Balaban J connectivity index is 2.43. The van der Waals surface area contributed by atoms with Crippen molar-refractivity contribution >= 4 is 0 Å². The molecule has 0 amide bonds. The summed E-state index contributed by atoms with van der Waals surface area (Å²) >= 11 is 0. The molecule has 0 heterocycles. The Morgan fingerprint density at radius 3 is 2.50 bits per heavy atom. The largest absolute Gasteiger partial charge is 0.391 e. The van der Waals surface area contributed by atoms with Crippen LogP contribution in [0.4, 0.5) is 13.2 Å².